The van der Waals surface area contributed by atoms with Gasteiger partial charge in [-0.3, -0.25) is 4.79 Å². The van der Waals surface area contributed by atoms with Crippen LogP contribution in [0.3, 0.4) is 0 Å². The summed E-state index contributed by atoms with van der Waals surface area (Å²) >= 11 is 0. The van der Waals surface area contributed by atoms with Crippen molar-refractivity contribution >= 4 is 5.91 Å². The minimum atomic E-state index is 0.0788. The first-order valence-corrected chi connectivity index (χ1v) is 7.40. The summed E-state index contributed by atoms with van der Waals surface area (Å²) in [6.45, 7) is 1.33. The molecule has 1 aliphatic carbocycles. The van der Waals surface area contributed by atoms with Crippen molar-refractivity contribution in [2.24, 2.45) is 5.73 Å². The summed E-state index contributed by atoms with van der Waals surface area (Å²) in [5, 5.41) is 9.08. The van der Waals surface area contributed by atoms with E-state index in [2.05, 4.69) is 0 Å². The van der Waals surface area contributed by atoms with E-state index < -0.39 is 0 Å². The lowest BCUT2D eigenvalue weighted by atomic mass is 10.1. The fourth-order valence-corrected chi connectivity index (χ4v) is 2.75. The Morgan fingerprint density at radius 1 is 1.17 bits per heavy atom. The number of aliphatic hydroxyl groups is 1. The number of carbonyl (C=O) groups excluding carboxylic acids is 1. The van der Waals surface area contributed by atoms with Gasteiger partial charge in [-0.2, -0.15) is 0 Å². The van der Waals surface area contributed by atoms with Crippen LogP contribution < -0.4 is 5.73 Å². The van der Waals surface area contributed by atoms with Crippen molar-refractivity contribution in [1.82, 2.24) is 4.90 Å². The molecule has 0 aliphatic heterocycles. The number of rotatable bonds is 9. The first-order chi connectivity index (χ1) is 8.79. The molecule has 1 rings (SSSR count). The number of nitrogens with two attached hydrogens (primary N) is 1. The topological polar surface area (TPSA) is 66.6 Å². The van der Waals surface area contributed by atoms with E-state index in [0.29, 0.717) is 19.0 Å². The molecule has 0 aromatic rings. The van der Waals surface area contributed by atoms with Crippen molar-refractivity contribution in [1.29, 1.82) is 0 Å². The van der Waals surface area contributed by atoms with Gasteiger partial charge in [-0.05, 0) is 32.2 Å². The zero-order chi connectivity index (χ0) is 13.2. The molecule has 1 amide bonds. The first kappa shape index (κ1) is 15.4. The van der Waals surface area contributed by atoms with Crippen molar-refractivity contribution < 1.29 is 9.90 Å². The van der Waals surface area contributed by atoms with Crippen LogP contribution in [0.2, 0.25) is 0 Å². The second-order valence-electron chi connectivity index (χ2n) is 5.20. The Kier molecular flexibility index (Phi) is 8.01. The number of hydrogen-bond donors (Lipinski definition) is 2. The zero-order valence-electron chi connectivity index (χ0n) is 11.4. The summed E-state index contributed by atoms with van der Waals surface area (Å²) < 4.78 is 0. The largest absolute Gasteiger partial charge is 0.395 e. The fourth-order valence-electron chi connectivity index (χ4n) is 2.75. The number of nitrogens with zero attached hydrogens (tertiary/aromatic N) is 1. The highest BCUT2D eigenvalue weighted by atomic mass is 16.3. The van der Waals surface area contributed by atoms with Crippen LogP contribution in [-0.2, 0) is 4.79 Å². The van der Waals surface area contributed by atoms with E-state index in [9.17, 15) is 4.79 Å². The van der Waals surface area contributed by atoms with Crippen molar-refractivity contribution in [2.45, 2.75) is 63.8 Å². The third-order valence-corrected chi connectivity index (χ3v) is 3.77. The highest BCUT2D eigenvalue weighted by Gasteiger charge is 2.25. The number of unbranched alkanes of at least 4 members (excludes halogenated alkanes) is 3. The van der Waals surface area contributed by atoms with Gasteiger partial charge in [0.25, 0.3) is 0 Å². The molecule has 0 spiro atoms. The Hall–Kier alpha value is -0.610. The number of aliphatic hydroxyl groups excluding tert-OH is 1. The number of hydrogen-bond acceptors (Lipinski definition) is 3. The van der Waals surface area contributed by atoms with Crippen LogP contribution in [0.1, 0.15) is 57.8 Å². The molecule has 0 atom stereocenters. The second-order valence-corrected chi connectivity index (χ2v) is 5.20. The minimum Gasteiger partial charge on any atom is -0.395 e. The van der Waals surface area contributed by atoms with Gasteiger partial charge >= 0.3 is 0 Å². The predicted octanol–water partition coefficient (Wildman–Crippen LogP) is 1.66. The summed E-state index contributed by atoms with van der Waals surface area (Å²) in [5.74, 6) is 0.226. The average Bonchev–Trinajstić information content (AvgIpc) is 2.89. The molecule has 0 saturated heterocycles. The molecule has 0 aromatic heterocycles. The molecule has 0 radical (unpaired) electrons. The van der Waals surface area contributed by atoms with Gasteiger partial charge in [-0.15, -0.1) is 0 Å². The van der Waals surface area contributed by atoms with E-state index in [4.69, 9.17) is 10.8 Å². The van der Waals surface area contributed by atoms with E-state index in [0.717, 1.165) is 45.1 Å². The van der Waals surface area contributed by atoms with Crippen molar-refractivity contribution in [2.75, 3.05) is 19.7 Å². The Morgan fingerprint density at radius 2 is 1.83 bits per heavy atom. The van der Waals surface area contributed by atoms with Gasteiger partial charge in [0.1, 0.15) is 0 Å². The summed E-state index contributed by atoms with van der Waals surface area (Å²) in [6, 6.07) is 0.383. The maximum absolute atomic E-state index is 12.1. The third-order valence-electron chi connectivity index (χ3n) is 3.77. The predicted molar refractivity (Wildman–Crippen MR) is 73.2 cm³/mol. The molecular formula is C14H28N2O2. The van der Waals surface area contributed by atoms with Gasteiger partial charge in [0.15, 0.2) is 0 Å². The average molecular weight is 256 g/mol. The highest BCUT2D eigenvalue weighted by molar-refractivity contribution is 5.76. The molecule has 1 aliphatic rings. The lowest BCUT2D eigenvalue weighted by molar-refractivity contribution is -0.134. The molecule has 18 heavy (non-hydrogen) atoms. The Morgan fingerprint density at radius 3 is 2.44 bits per heavy atom. The third kappa shape index (κ3) is 5.36. The SMILES string of the molecule is NCCCCCCC(=O)N(CCO)C1CCCC1. The summed E-state index contributed by atoms with van der Waals surface area (Å²) in [7, 11) is 0. The molecule has 106 valence electrons. The first-order valence-electron chi connectivity index (χ1n) is 7.40. The van der Waals surface area contributed by atoms with E-state index in [1.807, 2.05) is 4.90 Å². The van der Waals surface area contributed by atoms with Crippen molar-refractivity contribution in [3.8, 4) is 0 Å². The van der Waals surface area contributed by atoms with Crippen LogP contribution in [0.4, 0.5) is 0 Å². The van der Waals surface area contributed by atoms with E-state index in [1.165, 1.54) is 12.8 Å². The van der Waals surface area contributed by atoms with Gasteiger partial charge in [0, 0.05) is 19.0 Å². The number of amides is 1. The molecule has 0 bridgehead atoms. The fraction of sp³-hybridized carbons (Fsp3) is 0.929. The molecule has 3 N–H and O–H groups in total. The lowest BCUT2D eigenvalue weighted by Crippen LogP contribution is -2.40. The maximum Gasteiger partial charge on any atom is 0.222 e. The van der Waals surface area contributed by atoms with Crippen LogP contribution in [0.5, 0.6) is 0 Å². The van der Waals surface area contributed by atoms with Gasteiger partial charge in [-0.1, -0.05) is 25.7 Å². The van der Waals surface area contributed by atoms with E-state index in [1.54, 1.807) is 0 Å². The lowest BCUT2D eigenvalue weighted by Gasteiger charge is -2.28. The number of carbonyl (C=O) groups is 1. The molecule has 4 heteroatoms. The normalized spacial score (nSPS) is 16.1. The van der Waals surface area contributed by atoms with E-state index in [-0.39, 0.29) is 12.5 Å². The Bertz CT molecular complexity index is 228. The van der Waals surface area contributed by atoms with Crippen LogP contribution >= 0.6 is 0 Å². The summed E-state index contributed by atoms with van der Waals surface area (Å²) in [5.41, 5.74) is 5.44. The van der Waals surface area contributed by atoms with Crippen LogP contribution in [-0.4, -0.2) is 41.7 Å². The summed E-state index contributed by atoms with van der Waals surface area (Å²) in [4.78, 5) is 14.1. The molecule has 1 fully saturated rings. The van der Waals surface area contributed by atoms with Crippen molar-refractivity contribution in [3.63, 3.8) is 0 Å². The van der Waals surface area contributed by atoms with Gasteiger partial charge in [0.2, 0.25) is 5.91 Å². The molecular weight excluding hydrogens is 228 g/mol. The maximum atomic E-state index is 12.1. The van der Waals surface area contributed by atoms with Crippen LogP contribution in [0.15, 0.2) is 0 Å². The van der Waals surface area contributed by atoms with Crippen LogP contribution in [0.25, 0.3) is 0 Å². The Labute approximate surface area is 111 Å². The van der Waals surface area contributed by atoms with Crippen LogP contribution in [0, 0.1) is 0 Å². The van der Waals surface area contributed by atoms with E-state index >= 15 is 0 Å². The van der Waals surface area contributed by atoms with Gasteiger partial charge in [-0.25, -0.2) is 0 Å². The van der Waals surface area contributed by atoms with Gasteiger partial charge in [0.05, 0.1) is 6.61 Å². The van der Waals surface area contributed by atoms with Gasteiger partial charge < -0.3 is 15.7 Å². The second kappa shape index (κ2) is 9.34. The van der Waals surface area contributed by atoms with Crippen molar-refractivity contribution in [3.05, 3.63) is 0 Å². The molecule has 0 heterocycles. The highest BCUT2D eigenvalue weighted by Crippen LogP contribution is 2.24. The standard InChI is InChI=1S/C14H28N2O2/c15-10-6-2-1-3-9-14(18)16(11-12-17)13-7-4-5-8-13/h13,17H,1-12,15H2. The zero-order valence-corrected chi connectivity index (χ0v) is 11.4. The monoisotopic (exact) mass is 256 g/mol. The molecule has 0 unspecified atom stereocenters. The molecule has 1 saturated carbocycles. The Balaban J connectivity index is 2.25. The molecule has 0 aromatic carbocycles. The molecule has 4 nitrogen and oxygen atoms in total. The summed E-state index contributed by atoms with van der Waals surface area (Å²) in [6.07, 6.45) is 9.49. The smallest absolute Gasteiger partial charge is 0.222 e. The minimum absolute atomic E-state index is 0.0788. The quantitative estimate of drug-likeness (QED) is 0.617.